The predicted octanol–water partition coefficient (Wildman–Crippen LogP) is 2.54. The van der Waals surface area contributed by atoms with Gasteiger partial charge in [0.05, 0.1) is 0 Å². The van der Waals surface area contributed by atoms with Crippen LogP contribution in [0, 0.1) is 0 Å². The van der Waals surface area contributed by atoms with Crippen LogP contribution >= 0.6 is 0 Å². The molecule has 1 fully saturated rings. The van der Waals surface area contributed by atoms with Gasteiger partial charge in [-0.2, -0.15) is 0 Å². The van der Waals surface area contributed by atoms with Crippen molar-refractivity contribution >= 4 is 32.8 Å². The fraction of sp³-hybridized carbons (Fsp3) is 0.316. The summed E-state index contributed by atoms with van der Waals surface area (Å²) in [5, 5.41) is 9.15. The molecular weight excluding hydrogens is 350 g/mol. The Morgan fingerprint density at radius 1 is 0.923 bits per heavy atom. The molecule has 138 valence electrons. The molecule has 0 bridgehead atoms. The zero-order chi connectivity index (χ0) is 18.6. The van der Waals surface area contributed by atoms with Gasteiger partial charge in [0.2, 0.25) is 5.91 Å². The van der Waals surface area contributed by atoms with Crippen LogP contribution in [0.25, 0.3) is 0 Å². The summed E-state index contributed by atoms with van der Waals surface area (Å²) in [6, 6.07) is 17.0. The summed E-state index contributed by atoms with van der Waals surface area (Å²) in [6.45, 7) is 1.03. The zero-order valence-electron chi connectivity index (χ0n) is 14.7. The van der Waals surface area contributed by atoms with Gasteiger partial charge in [0.1, 0.15) is 0 Å². The second-order valence-corrected chi connectivity index (χ2v) is 8.86. The Labute approximate surface area is 153 Å². The van der Waals surface area contributed by atoms with Crippen molar-refractivity contribution in [2.24, 2.45) is 0 Å². The lowest BCUT2D eigenvalue weighted by Crippen LogP contribution is -2.55. The van der Waals surface area contributed by atoms with Crippen LogP contribution in [0.4, 0.5) is 17.1 Å². The minimum absolute atomic E-state index is 0.283. The standard InChI is InChI=1S/C19H23N3O3S/c1-26(24,25)19(11-13-20-14-12-19)18(23)22-17-9-7-16(8-10-17)21-15-5-3-2-4-6-15/h2-10,20-21H,11-14H2,1H3,(H,22,23). The van der Waals surface area contributed by atoms with Crippen LogP contribution in [0.5, 0.6) is 0 Å². The maximum absolute atomic E-state index is 12.8. The zero-order valence-corrected chi connectivity index (χ0v) is 15.5. The van der Waals surface area contributed by atoms with E-state index in [0.717, 1.165) is 17.6 Å². The van der Waals surface area contributed by atoms with Crippen molar-refractivity contribution in [3.63, 3.8) is 0 Å². The molecule has 7 heteroatoms. The van der Waals surface area contributed by atoms with E-state index in [9.17, 15) is 13.2 Å². The molecule has 1 saturated heterocycles. The van der Waals surface area contributed by atoms with Crippen LogP contribution in [0.15, 0.2) is 54.6 Å². The molecule has 1 aliphatic rings. The molecule has 0 saturated carbocycles. The van der Waals surface area contributed by atoms with Gasteiger partial charge >= 0.3 is 0 Å². The Morgan fingerprint density at radius 3 is 2.04 bits per heavy atom. The van der Waals surface area contributed by atoms with Crippen LogP contribution in [-0.2, 0) is 14.6 Å². The summed E-state index contributed by atoms with van der Waals surface area (Å²) >= 11 is 0. The monoisotopic (exact) mass is 373 g/mol. The molecule has 0 atom stereocenters. The number of rotatable bonds is 5. The second kappa shape index (κ2) is 7.47. The summed E-state index contributed by atoms with van der Waals surface area (Å²) in [7, 11) is -3.52. The van der Waals surface area contributed by atoms with Crippen molar-refractivity contribution in [3.8, 4) is 0 Å². The fourth-order valence-corrected chi connectivity index (χ4v) is 4.50. The highest BCUT2D eigenvalue weighted by molar-refractivity contribution is 7.92. The lowest BCUT2D eigenvalue weighted by atomic mass is 9.95. The van der Waals surface area contributed by atoms with Crippen molar-refractivity contribution in [1.82, 2.24) is 5.32 Å². The number of carbonyl (C=O) groups is 1. The van der Waals surface area contributed by atoms with E-state index in [4.69, 9.17) is 0 Å². The first kappa shape index (κ1) is 18.4. The minimum Gasteiger partial charge on any atom is -0.356 e. The quantitative estimate of drug-likeness (QED) is 0.750. The lowest BCUT2D eigenvalue weighted by Gasteiger charge is -2.34. The summed E-state index contributed by atoms with van der Waals surface area (Å²) in [5.41, 5.74) is 2.43. The molecule has 0 radical (unpaired) electrons. The molecule has 2 aromatic rings. The summed E-state index contributed by atoms with van der Waals surface area (Å²) in [4.78, 5) is 12.8. The summed E-state index contributed by atoms with van der Waals surface area (Å²) in [5.74, 6) is -0.453. The highest BCUT2D eigenvalue weighted by Crippen LogP contribution is 2.29. The van der Waals surface area contributed by atoms with Gasteiger partial charge in [-0.25, -0.2) is 8.42 Å². The smallest absolute Gasteiger partial charge is 0.245 e. The van der Waals surface area contributed by atoms with Gasteiger partial charge in [-0.05, 0) is 62.3 Å². The molecule has 0 unspecified atom stereocenters. The number of carbonyl (C=O) groups excluding carboxylic acids is 1. The molecule has 0 aromatic heterocycles. The predicted molar refractivity (Wildman–Crippen MR) is 104 cm³/mol. The van der Waals surface area contributed by atoms with Gasteiger partial charge in [-0.1, -0.05) is 18.2 Å². The van der Waals surface area contributed by atoms with Gasteiger partial charge in [0.25, 0.3) is 0 Å². The molecule has 3 rings (SSSR count). The fourth-order valence-electron chi connectivity index (χ4n) is 3.17. The van der Waals surface area contributed by atoms with Crippen LogP contribution in [0.3, 0.4) is 0 Å². The van der Waals surface area contributed by atoms with E-state index in [0.29, 0.717) is 18.8 Å². The third-order valence-electron chi connectivity index (χ3n) is 4.74. The highest BCUT2D eigenvalue weighted by atomic mass is 32.2. The van der Waals surface area contributed by atoms with Crippen molar-refractivity contribution in [3.05, 3.63) is 54.6 Å². The van der Waals surface area contributed by atoms with Crippen LogP contribution in [0.2, 0.25) is 0 Å². The van der Waals surface area contributed by atoms with Gasteiger partial charge in [-0.15, -0.1) is 0 Å². The van der Waals surface area contributed by atoms with Gasteiger partial charge in [0, 0.05) is 23.3 Å². The minimum atomic E-state index is -3.52. The molecule has 0 aliphatic carbocycles. The van der Waals surface area contributed by atoms with E-state index >= 15 is 0 Å². The molecule has 0 spiro atoms. The number of piperidine rings is 1. The van der Waals surface area contributed by atoms with Crippen molar-refractivity contribution in [2.45, 2.75) is 17.6 Å². The number of hydrogen-bond acceptors (Lipinski definition) is 5. The van der Waals surface area contributed by atoms with E-state index in [-0.39, 0.29) is 12.8 Å². The number of sulfone groups is 1. The van der Waals surface area contributed by atoms with Crippen LogP contribution < -0.4 is 16.0 Å². The Kier molecular flexibility index (Phi) is 5.29. The van der Waals surface area contributed by atoms with Crippen LogP contribution in [-0.4, -0.2) is 38.4 Å². The molecule has 26 heavy (non-hydrogen) atoms. The topological polar surface area (TPSA) is 87.3 Å². The SMILES string of the molecule is CS(=O)(=O)C1(C(=O)Nc2ccc(Nc3ccccc3)cc2)CCNCC1. The molecule has 1 heterocycles. The number of amides is 1. The third kappa shape index (κ3) is 3.89. The van der Waals surface area contributed by atoms with Gasteiger partial charge < -0.3 is 16.0 Å². The molecular formula is C19H23N3O3S. The van der Waals surface area contributed by atoms with Crippen molar-refractivity contribution in [2.75, 3.05) is 30.0 Å². The van der Waals surface area contributed by atoms with E-state index in [2.05, 4.69) is 16.0 Å². The lowest BCUT2D eigenvalue weighted by molar-refractivity contribution is -0.119. The Balaban J connectivity index is 1.72. The largest absolute Gasteiger partial charge is 0.356 e. The third-order valence-corrected chi connectivity index (χ3v) is 6.75. The number of hydrogen-bond donors (Lipinski definition) is 3. The first-order chi connectivity index (χ1) is 12.4. The number of nitrogens with one attached hydrogen (secondary N) is 3. The molecule has 2 aromatic carbocycles. The first-order valence-electron chi connectivity index (χ1n) is 8.55. The molecule has 6 nitrogen and oxygen atoms in total. The summed E-state index contributed by atoms with van der Waals surface area (Å²) in [6.07, 6.45) is 1.71. The average Bonchev–Trinajstić information content (AvgIpc) is 2.64. The molecule has 3 N–H and O–H groups in total. The molecule has 1 aliphatic heterocycles. The van der Waals surface area contributed by atoms with Gasteiger partial charge in [-0.3, -0.25) is 4.79 Å². The maximum Gasteiger partial charge on any atom is 0.245 e. The second-order valence-electron chi connectivity index (χ2n) is 6.54. The highest BCUT2D eigenvalue weighted by Gasteiger charge is 2.48. The van der Waals surface area contributed by atoms with Crippen molar-refractivity contribution in [1.29, 1.82) is 0 Å². The van der Waals surface area contributed by atoms with E-state index in [1.165, 1.54) is 0 Å². The van der Waals surface area contributed by atoms with E-state index in [1.807, 2.05) is 42.5 Å². The number of benzene rings is 2. The average molecular weight is 373 g/mol. The Bertz CT molecular complexity index is 859. The van der Waals surface area contributed by atoms with Crippen LogP contribution in [0.1, 0.15) is 12.8 Å². The molecule has 1 amide bonds. The summed E-state index contributed by atoms with van der Waals surface area (Å²) < 4.78 is 23.2. The van der Waals surface area contributed by atoms with Crippen molar-refractivity contribution < 1.29 is 13.2 Å². The maximum atomic E-state index is 12.8. The Hall–Kier alpha value is -2.38. The number of para-hydroxylation sites is 1. The van der Waals surface area contributed by atoms with Gasteiger partial charge in [0.15, 0.2) is 14.6 Å². The number of anilines is 3. The first-order valence-corrected chi connectivity index (χ1v) is 10.4. The normalized spacial score (nSPS) is 16.7. The van der Waals surface area contributed by atoms with E-state index in [1.54, 1.807) is 12.1 Å². The Morgan fingerprint density at radius 2 is 1.46 bits per heavy atom. The van der Waals surface area contributed by atoms with E-state index < -0.39 is 20.5 Å².